The Morgan fingerprint density at radius 2 is 1.54 bits per heavy atom. The van der Waals surface area contributed by atoms with Crippen molar-refractivity contribution in [2.24, 2.45) is 0 Å². The molecular formula is C20H34N2O2. The van der Waals surface area contributed by atoms with E-state index in [1.807, 2.05) is 12.1 Å². The molecule has 0 unspecified atom stereocenters. The van der Waals surface area contributed by atoms with Gasteiger partial charge in [0.1, 0.15) is 0 Å². The highest BCUT2D eigenvalue weighted by atomic mass is 16.6. The van der Waals surface area contributed by atoms with Crippen LogP contribution in [0, 0.1) is 10.1 Å². The summed E-state index contributed by atoms with van der Waals surface area (Å²) in [4.78, 5) is 12.9. The molecule has 4 heteroatoms. The molecule has 24 heavy (non-hydrogen) atoms. The first-order chi connectivity index (χ1) is 11.5. The van der Waals surface area contributed by atoms with E-state index in [4.69, 9.17) is 0 Å². The lowest BCUT2D eigenvalue weighted by atomic mass is 10.1. The van der Waals surface area contributed by atoms with Crippen molar-refractivity contribution >= 4 is 5.69 Å². The van der Waals surface area contributed by atoms with Gasteiger partial charge in [0.25, 0.3) is 5.69 Å². The molecule has 136 valence electrons. The minimum Gasteiger partial charge on any atom is -0.301 e. The molecule has 0 aliphatic carbocycles. The number of aryl methyl sites for hydroxylation is 1. The van der Waals surface area contributed by atoms with Gasteiger partial charge in [-0.1, -0.05) is 44.7 Å². The molecular weight excluding hydrogens is 300 g/mol. The maximum Gasteiger partial charge on any atom is 0.269 e. The van der Waals surface area contributed by atoms with Crippen molar-refractivity contribution in [3.05, 3.63) is 39.9 Å². The molecule has 0 bridgehead atoms. The third kappa shape index (κ3) is 8.44. The standard InChI is InChI=1S/C20H34N2O2/c1-4-5-6-9-16-21(18(2)3)17-10-7-8-11-19-12-14-20(15-13-19)22(23)24/h12-15,18H,4-11,16-17H2,1-3H3. The van der Waals surface area contributed by atoms with Crippen LogP contribution >= 0.6 is 0 Å². The molecule has 0 heterocycles. The Kier molecular flexibility index (Phi) is 10.3. The highest BCUT2D eigenvalue weighted by Crippen LogP contribution is 2.14. The van der Waals surface area contributed by atoms with Gasteiger partial charge >= 0.3 is 0 Å². The Labute approximate surface area is 147 Å². The van der Waals surface area contributed by atoms with E-state index in [2.05, 4.69) is 25.7 Å². The van der Waals surface area contributed by atoms with E-state index in [0.29, 0.717) is 6.04 Å². The predicted molar refractivity (Wildman–Crippen MR) is 102 cm³/mol. The number of hydrogen-bond acceptors (Lipinski definition) is 3. The molecule has 0 aromatic heterocycles. The van der Waals surface area contributed by atoms with Gasteiger partial charge in [-0.25, -0.2) is 0 Å². The lowest BCUT2D eigenvalue weighted by Gasteiger charge is -2.26. The fourth-order valence-electron chi connectivity index (χ4n) is 2.97. The van der Waals surface area contributed by atoms with E-state index in [9.17, 15) is 10.1 Å². The second kappa shape index (κ2) is 12.0. The van der Waals surface area contributed by atoms with E-state index in [0.717, 1.165) is 12.8 Å². The van der Waals surface area contributed by atoms with Gasteiger partial charge < -0.3 is 4.90 Å². The van der Waals surface area contributed by atoms with Crippen LogP contribution in [0.15, 0.2) is 24.3 Å². The summed E-state index contributed by atoms with van der Waals surface area (Å²) in [5.74, 6) is 0. The van der Waals surface area contributed by atoms with Gasteiger partial charge in [0.15, 0.2) is 0 Å². The van der Waals surface area contributed by atoms with Gasteiger partial charge in [0.05, 0.1) is 4.92 Å². The minimum atomic E-state index is -0.342. The van der Waals surface area contributed by atoms with Gasteiger partial charge in [-0.2, -0.15) is 0 Å². The Hall–Kier alpha value is -1.42. The van der Waals surface area contributed by atoms with Crippen LogP contribution in [0.5, 0.6) is 0 Å². The zero-order valence-corrected chi connectivity index (χ0v) is 15.7. The first kappa shape index (κ1) is 20.6. The second-order valence-electron chi connectivity index (χ2n) is 6.92. The predicted octanol–water partition coefficient (Wildman–Crippen LogP) is 5.60. The summed E-state index contributed by atoms with van der Waals surface area (Å²) in [5.41, 5.74) is 1.37. The summed E-state index contributed by atoms with van der Waals surface area (Å²) >= 11 is 0. The van der Waals surface area contributed by atoms with Crippen molar-refractivity contribution in [1.29, 1.82) is 0 Å². The first-order valence-electron chi connectivity index (χ1n) is 9.52. The molecule has 0 aliphatic heterocycles. The SMILES string of the molecule is CCCCCCN(CCCCCc1ccc([N+](=O)[O-])cc1)C(C)C. The van der Waals surface area contributed by atoms with E-state index < -0.39 is 0 Å². The van der Waals surface area contributed by atoms with E-state index in [1.54, 1.807) is 12.1 Å². The monoisotopic (exact) mass is 334 g/mol. The summed E-state index contributed by atoms with van der Waals surface area (Å²) in [6.07, 6.45) is 9.92. The number of nitro benzene ring substituents is 1. The number of nitrogens with zero attached hydrogens (tertiary/aromatic N) is 2. The summed E-state index contributed by atoms with van der Waals surface area (Å²) in [6.45, 7) is 9.24. The molecule has 0 atom stereocenters. The molecule has 1 aromatic carbocycles. The molecule has 1 aromatic rings. The Bertz CT molecular complexity index is 457. The van der Waals surface area contributed by atoms with Crippen LogP contribution in [0.1, 0.15) is 71.3 Å². The molecule has 0 N–H and O–H groups in total. The summed E-state index contributed by atoms with van der Waals surface area (Å²) < 4.78 is 0. The van der Waals surface area contributed by atoms with Crippen LogP contribution < -0.4 is 0 Å². The summed E-state index contributed by atoms with van der Waals surface area (Å²) in [6, 6.07) is 7.60. The zero-order valence-electron chi connectivity index (χ0n) is 15.7. The van der Waals surface area contributed by atoms with Gasteiger partial charge in [-0.3, -0.25) is 10.1 Å². The van der Waals surface area contributed by atoms with E-state index >= 15 is 0 Å². The highest BCUT2D eigenvalue weighted by molar-refractivity contribution is 5.32. The summed E-state index contributed by atoms with van der Waals surface area (Å²) in [7, 11) is 0. The first-order valence-corrected chi connectivity index (χ1v) is 9.52. The molecule has 0 fully saturated rings. The molecule has 0 spiro atoms. The smallest absolute Gasteiger partial charge is 0.269 e. The van der Waals surface area contributed by atoms with Crippen molar-refractivity contribution < 1.29 is 4.92 Å². The molecule has 0 aliphatic rings. The molecule has 0 amide bonds. The average molecular weight is 335 g/mol. The Morgan fingerprint density at radius 3 is 2.04 bits per heavy atom. The second-order valence-corrected chi connectivity index (χ2v) is 6.92. The minimum absolute atomic E-state index is 0.175. The van der Waals surface area contributed by atoms with Gasteiger partial charge in [0, 0.05) is 18.2 Å². The third-order valence-electron chi connectivity index (χ3n) is 4.59. The molecule has 4 nitrogen and oxygen atoms in total. The highest BCUT2D eigenvalue weighted by Gasteiger charge is 2.08. The van der Waals surface area contributed by atoms with Crippen molar-refractivity contribution in [2.75, 3.05) is 13.1 Å². The fourth-order valence-corrected chi connectivity index (χ4v) is 2.97. The summed E-state index contributed by atoms with van der Waals surface area (Å²) in [5, 5.41) is 10.6. The topological polar surface area (TPSA) is 46.4 Å². The molecule has 0 radical (unpaired) electrons. The van der Waals surface area contributed by atoms with Crippen LogP contribution in [-0.2, 0) is 6.42 Å². The average Bonchev–Trinajstić information content (AvgIpc) is 2.56. The van der Waals surface area contributed by atoms with Crippen LogP contribution in [-0.4, -0.2) is 29.0 Å². The largest absolute Gasteiger partial charge is 0.301 e. The van der Waals surface area contributed by atoms with Gasteiger partial charge in [-0.05, 0) is 58.2 Å². The van der Waals surface area contributed by atoms with Crippen molar-refractivity contribution in [1.82, 2.24) is 4.90 Å². The van der Waals surface area contributed by atoms with Crippen molar-refractivity contribution in [2.45, 2.75) is 78.2 Å². The molecule has 1 rings (SSSR count). The van der Waals surface area contributed by atoms with Crippen LogP contribution in [0.25, 0.3) is 0 Å². The normalized spacial score (nSPS) is 11.4. The number of unbranched alkanes of at least 4 members (excludes halogenated alkanes) is 5. The van der Waals surface area contributed by atoms with Crippen molar-refractivity contribution in [3.8, 4) is 0 Å². The van der Waals surface area contributed by atoms with Crippen LogP contribution in [0.4, 0.5) is 5.69 Å². The van der Waals surface area contributed by atoms with Gasteiger partial charge in [-0.15, -0.1) is 0 Å². The Balaban J connectivity index is 2.19. The maximum atomic E-state index is 10.6. The molecule has 0 saturated heterocycles. The quantitative estimate of drug-likeness (QED) is 0.268. The van der Waals surface area contributed by atoms with E-state index in [-0.39, 0.29) is 10.6 Å². The van der Waals surface area contributed by atoms with Crippen LogP contribution in [0.2, 0.25) is 0 Å². The van der Waals surface area contributed by atoms with Crippen molar-refractivity contribution in [3.63, 3.8) is 0 Å². The zero-order chi connectivity index (χ0) is 17.8. The maximum absolute atomic E-state index is 10.6. The number of rotatable bonds is 13. The van der Waals surface area contributed by atoms with E-state index in [1.165, 1.54) is 57.2 Å². The Morgan fingerprint density at radius 1 is 0.958 bits per heavy atom. The third-order valence-corrected chi connectivity index (χ3v) is 4.59. The number of non-ortho nitro benzene ring substituents is 1. The number of hydrogen-bond donors (Lipinski definition) is 0. The fraction of sp³-hybridized carbons (Fsp3) is 0.700. The van der Waals surface area contributed by atoms with Crippen LogP contribution in [0.3, 0.4) is 0 Å². The number of benzene rings is 1. The molecule has 0 saturated carbocycles. The van der Waals surface area contributed by atoms with Gasteiger partial charge in [0.2, 0.25) is 0 Å². The lowest BCUT2D eigenvalue weighted by Crippen LogP contribution is -2.32. The number of nitro groups is 1. The lowest BCUT2D eigenvalue weighted by molar-refractivity contribution is -0.384.